The van der Waals surface area contributed by atoms with Crippen LogP contribution in [0.2, 0.25) is 0 Å². The summed E-state index contributed by atoms with van der Waals surface area (Å²) < 4.78 is 24.6. The van der Waals surface area contributed by atoms with Gasteiger partial charge < -0.3 is 10.8 Å². The number of nitrogens with two attached hydrogens (primary N) is 1. The monoisotopic (exact) mass is 199 g/mol. The summed E-state index contributed by atoms with van der Waals surface area (Å²) in [6.07, 6.45) is -2.84. The summed E-state index contributed by atoms with van der Waals surface area (Å²) in [5.74, 6) is -0.415. The first kappa shape index (κ1) is 10.3. The largest absolute Gasteiger partial charge is 0.506 e. The van der Waals surface area contributed by atoms with Gasteiger partial charge in [-0.05, 0) is 6.07 Å². The van der Waals surface area contributed by atoms with Crippen LogP contribution in [0, 0.1) is 11.3 Å². The van der Waals surface area contributed by atoms with Crippen molar-refractivity contribution in [1.29, 1.82) is 5.26 Å². The van der Waals surface area contributed by atoms with E-state index in [2.05, 4.69) is 4.98 Å². The first-order valence-electron chi connectivity index (χ1n) is 3.71. The van der Waals surface area contributed by atoms with Crippen LogP contribution >= 0.6 is 0 Å². The third-order valence-electron chi connectivity index (χ3n) is 1.64. The van der Waals surface area contributed by atoms with Crippen LogP contribution in [0.3, 0.4) is 0 Å². The average molecular weight is 199 g/mol. The highest BCUT2D eigenvalue weighted by Crippen LogP contribution is 2.26. The maximum atomic E-state index is 12.3. The first-order chi connectivity index (χ1) is 6.60. The molecule has 0 radical (unpaired) electrons. The Labute approximate surface area is 78.6 Å². The number of pyridine rings is 1. The van der Waals surface area contributed by atoms with E-state index in [4.69, 9.17) is 11.0 Å². The van der Waals surface area contributed by atoms with Crippen LogP contribution in [-0.2, 0) is 6.54 Å². The molecule has 1 aromatic heterocycles. The van der Waals surface area contributed by atoms with Gasteiger partial charge in [-0.25, -0.2) is 13.8 Å². The zero-order valence-electron chi connectivity index (χ0n) is 7.04. The van der Waals surface area contributed by atoms with Crippen molar-refractivity contribution >= 4 is 0 Å². The van der Waals surface area contributed by atoms with Gasteiger partial charge in [-0.3, -0.25) is 0 Å². The van der Waals surface area contributed by atoms with Crippen LogP contribution in [-0.4, -0.2) is 10.1 Å². The highest BCUT2D eigenvalue weighted by molar-refractivity contribution is 5.40. The molecule has 0 aliphatic carbocycles. The SMILES string of the molecule is N#Cc1nc(CN)c(O)cc1C(F)F. The molecule has 0 unspecified atom stereocenters. The van der Waals surface area contributed by atoms with Gasteiger partial charge in [0.05, 0.1) is 11.3 Å². The normalized spacial score (nSPS) is 10.2. The Kier molecular flexibility index (Phi) is 2.94. The standard InChI is InChI=1S/C8H7F2N3O/c9-8(10)4-1-7(14)6(3-12)13-5(4)2-11/h1,8,14H,3,12H2. The summed E-state index contributed by atoms with van der Waals surface area (Å²) in [7, 11) is 0. The molecule has 14 heavy (non-hydrogen) atoms. The van der Waals surface area contributed by atoms with Gasteiger partial charge in [0, 0.05) is 6.54 Å². The van der Waals surface area contributed by atoms with Crippen molar-refractivity contribution in [2.75, 3.05) is 0 Å². The maximum Gasteiger partial charge on any atom is 0.266 e. The lowest BCUT2D eigenvalue weighted by Crippen LogP contribution is -2.04. The van der Waals surface area contributed by atoms with Crippen molar-refractivity contribution in [3.63, 3.8) is 0 Å². The first-order valence-corrected chi connectivity index (χ1v) is 3.71. The molecule has 0 spiro atoms. The van der Waals surface area contributed by atoms with E-state index >= 15 is 0 Å². The van der Waals surface area contributed by atoms with Gasteiger partial charge in [-0.1, -0.05) is 0 Å². The zero-order valence-corrected chi connectivity index (χ0v) is 7.04. The number of hydrogen-bond donors (Lipinski definition) is 2. The minimum absolute atomic E-state index is 0.0333. The second-order valence-corrected chi connectivity index (χ2v) is 2.51. The van der Waals surface area contributed by atoms with Crippen molar-refractivity contribution in [2.24, 2.45) is 5.73 Å². The van der Waals surface area contributed by atoms with E-state index in [0.717, 1.165) is 6.07 Å². The Morgan fingerprint density at radius 3 is 2.71 bits per heavy atom. The van der Waals surface area contributed by atoms with Crippen LogP contribution in [0.4, 0.5) is 8.78 Å². The lowest BCUT2D eigenvalue weighted by Gasteiger charge is -2.06. The predicted octanol–water partition coefficient (Wildman–Crippen LogP) is 1.06. The molecule has 6 heteroatoms. The molecule has 0 saturated carbocycles. The topological polar surface area (TPSA) is 82.9 Å². The molecular weight excluding hydrogens is 192 g/mol. The summed E-state index contributed by atoms with van der Waals surface area (Å²) in [6, 6.07) is 2.34. The number of hydrogen-bond acceptors (Lipinski definition) is 4. The van der Waals surface area contributed by atoms with Gasteiger partial charge in [0.25, 0.3) is 6.43 Å². The molecule has 0 fully saturated rings. The van der Waals surface area contributed by atoms with Gasteiger partial charge in [0.2, 0.25) is 0 Å². The van der Waals surface area contributed by atoms with Crippen LogP contribution in [0.15, 0.2) is 6.07 Å². The van der Waals surface area contributed by atoms with Crippen molar-refractivity contribution in [1.82, 2.24) is 4.98 Å². The van der Waals surface area contributed by atoms with Gasteiger partial charge >= 0.3 is 0 Å². The van der Waals surface area contributed by atoms with Crippen molar-refractivity contribution in [3.8, 4) is 11.8 Å². The fourth-order valence-corrected chi connectivity index (χ4v) is 0.962. The molecular formula is C8H7F2N3O. The Hall–Kier alpha value is -1.74. The number of rotatable bonds is 2. The molecule has 1 heterocycles. The highest BCUT2D eigenvalue weighted by atomic mass is 19.3. The quantitative estimate of drug-likeness (QED) is 0.745. The van der Waals surface area contributed by atoms with Gasteiger partial charge in [0.1, 0.15) is 17.5 Å². The number of aromatic hydroxyl groups is 1. The minimum atomic E-state index is -2.84. The Morgan fingerprint density at radius 2 is 2.29 bits per heavy atom. The van der Waals surface area contributed by atoms with Crippen molar-refractivity contribution in [2.45, 2.75) is 13.0 Å². The molecule has 4 nitrogen and oxygen atoms in total. The van der Waals surface area contributed by atoms with Crippen molar-refractivity contribution < 1.29 is 13.9 Å². The van der Waals surface area contributed by atoms with E-state index in [1.807, 2.05) is 0 Å². The Bertz CT molecular complexity index is 387. The molecule has 74 valence electrons. The summed E-state index contributed by atoms with van der Waals surface area (Å²) in [6.45, 7) is -0.107. The second kappa shape index (κ2) is 3.98. The third-order valence-corrected chi connectivity index (χ3v) is 1.64. The summed E-state index contributed by atoms with van der Waals surface area (Å²) in [5.41, 5.74) is 4.23. The number of nitriles is 1. The van der Waals surface area contributed by atoms with Crippen molar-refractivity contribution in [3.05, 3.63) is 23.0 Å². The van der Waals surface area contributed by atoms with E-state index in [0.29, 0.717) is 0 Å². The van der Waals surface area contributed by atoms with Crippen LogP contribution in [0.25, 0.3) is 0 Å². The van der Waals surface area contributed by atoms with E-state index in [1.165, 1.54) is 6.07 Å². The van der Waals surface area contributed by atoms with Crippen LogP contribution in [0.1, 0.15) is 23.4 Å². The van der Waals surface area contributed by atoms with Gasteiger partial charge in [0.15, 0.2) is 0 Å². The smallest absolute Gasteiger partial charge is 0.266 e. The minimum Gasteiger partial charge on any atom is -0.506 e. The molecule has 0 aromatic carbocycles. The number of alkyl halides is 2. The van der Waals surface area contributed by atoms with Gasteiger partial charge in [-0.2, -0.15) is 5.26 Å². The summed E-state index contributed by atoms with van der Waals surface area (Å²) in [5, 5.41) is 17.7. The fourth-order valence-electron chi connectivity index (χ4n) is 0.962. The maximum absolute atomic E-state index is 12.3. The Balaban J connectivity index is 3.33. The van der Waals surface area contributed by atoms with E-state index in [-0.39, 0.29) is 12.2 Å². The van der Waals surface area contributed by atoms with E-state index < -0.39 is 23.4 Å². The number of aromatic nitrogens is 1. The van der Waals surface area contributed by atoms with Gasteiger partial charge in [-0.15, -0.1) is 0 Å². The second-order valence-electron chi connectivity index (χ2n) is 2.51. The molecule has 0 bridgehead atoms. The molecule has 1 rings (SSSR count). The lowest BCUT2D eigenvalue weighted by molar-refractivity contribution is 0.150. The highest BCUT2D eigenvalue weighted by Gasteiger charge is 2.17. The molecule has 3 N–H and O–H groups in total. The molecule has 1 aromatic rings. The average Bonchev–Trinajstić information content (AvgIpc) is 2.17. The number of nitrogens with zero attached hydrogens (tertiary/aromatic N) is 2. The summed E-state index contributed by atoms with van der Waals surface area (Å²) >= 11 is 0. The Morgan fingerprint density at radius 1 is 1.64 bits per heavy atom. The molecule has 0 amide bonds. The summed E-state index contributed by atoms with van der Waals surface area (Å²) in [4.78, 5) is 3.51. The predicted molar refractivity (Wildman–Crippen MR) is 43.5 cm³/mol. The zero-order chi connectivity index (χ0) is 10.7. The third kappa shape index (κ3) is 1.78. The lowest BCUT2D eigenvalue weighted by atomic mass is 10.1. The molecule has 0 atom stereocenters. The molecule has 0 aliphatic rings. The fraction of sp³-hybridized carbons (Fsp3) is 0.250. The molecule has 0 aliphatic heterocycles. The molecule has 0 saturated heterocycles. The van der Waals surface area contributed by atoms with Crippen LogP contribution < -0.4 is 5.73 Å². The number of halogens is 2. The van der Waals surface area contributed by atoms with E-state index in [1.54, 1.807) is 0 Å². The van der Waals surface area contributed by atoms with E-state index in [9.17, 15) is 13.9 Å². The van der Waals surface area contributed by atoms with Crippen LogP contribution in [0.5, 0.6) is 5.75 Å².